The fraction of sp³-hybridized carbons (Fsp3) is 0.370. The highest BCUT2D eigenvalue weighted by Gasteiger charge is 2.31. The number of carbonyl (C=O) groups is 1. The molecule has 1 aliphatic rings. The molecule has 4 rings (SSSR count). The number of fused-ring (bicyclic) bond motifs is 1. The maximum absolute atomic E-state index is 13.0. The van der Waals surface area contributed by atoms with E-state index in [1.807, 2.05) is 48.2 Å². The van der Waals surface area contributed by atoms with E-state index in [0.717, 1.165) is 28.2 Å². The standard InChI is InChI=1S/C27H29F3N2O3/c1-19(20-6-7-22-17-25(34-2)9-8-21(22)16-20)26(33)35-15-14-31-10-12-32(13-11-31)24-5-3-4-23(18-24)27(28,29)30/h3-9,16-19H,10-15H2,1-2H3. The second-order valence-electron chi connectivity index (χ2n) is 8.74. The number of anilines is 1. The van der Waals surface area contributed by atoms with Crippen LogP contribution in [0, 0.1) is 0 Å². The monoisotopic (exact) mass is 486 g/mol. The van der Waals surface area contributed by atoms with E-state index in [1.54, 1.807) is 13.2 Å². The number of methoxy groups -OCH3 is 1. The average Bonchev–Trinajstić information content (AvgIpc) is 2.87. The van der Waals surface area contributed by atoms with Crippen LogP contribution in [0.3, 0.4) is 0 Å². The van der Waals surface area contributed by atoms with Gasteiger partial charge >= 0.3 is 12.1 Å². The molecule has 1 heterocycles. The minimum atomic E-state index is -4.35. The topological polar surface area (TPSA) is 42.0 Å². The molecule has 8 heteroatoms. The summed E-state index contributed by atoms with van der Waals surface area (Å²) in [5, 5.41) is 2.07. The van der Waals surface area contributed by atoms with Crippen LogP contribution in [0.15, 0.2) is 60.7 Å². The first kappa shape index (κ1) is 24.9. The molecule has 0 spiro atoms. The van der Waals surface area contributed by atoms with Crippen molar-refractivity contribution in [2.45, 2.75) is 19.0 Å². The SMILES string of the molecule is COc1ccc2cc(C(C)C(=O)OCCN3CCN(c4cccc(C(F)(F)F)c4)CC3)ccc2c1. The molecular weight excluding hydrogens is 457 g/mol. The summed E-state index contributed by atoms with van der Waals surface area (Å²) in [4.78, 5) is 16.7. The molecule has 0 saturated carbocycles. The molecule has 1 atom stereocenters. The zero-order valence-corrected chi connectivity index (χ0v) is 19.8. The van der Waals surface area contributed by atoms with Crippen molar-refractivity contribution in [2.75, 3.05) is 51.3 Å². The number of nitrogens with zero attached hydrogens (tertiary/aromatic N) is 2. The van der Waals surface area contributed by atoms with Crippen LogP contribution in [0.25, 0.3) is 10.8 Å². The quantitative estimate of drug-likeness (QED) is 0.422. The van der Waals surface area contributed by atoms with Crippen molar-refractivity contribution in [3.63, 3.8) is 0 Å². The molecular formula is C27H29F3N2O3. The molecule has 1 aliphatic heterocycles. The first-order valence-electron chi connectivity index (χ1n) is 11.6. The highest BCUT2D eigenvalue weighted by atomic mass is 19.4. The van der Waals surface area contributed by atoms with Crippen LogP contribution in [-0.2, 0) is 15.7 Å². The van der Waals surface area contributed by atoms with Gasteiger partial charge in [-0.05, 0) is 53.6 Å². The molecule has 186 valence electrons. The first-order valence-corrected chi connectivity index (χ1v) is 11.6. The third-order valence-electron chi connectivity index (χ3n) is 6.49. The number of piperazine rings is 1. The van der Waals surface area contributed by atoms with Gasteiger partial charge < -0.3 is 14.4 Å². The van der Waals surface area contributed by atoms with E-state index in [9.17, 15) is 18.0 Å². The molecule has 0 amide bonds. The van der Waals surface area contributed by atoms with Crippen molar-refractivity contribution in [1.82, 2.24) is 4.90 Å². The Kier molecular flexibility index (Phi) is 7.50. The third kappa shape index (κ3) is 6.06. The lowest BCUT2D eigenvalue weighted by Crippen LogP contribution is -2.47. The van der Waals surface area contributed by atoms with Crippen molar-refractivity contribution in [2.24, 2.45) is 0 Å². The summed E-state index contributed by atoms with van der Waals surface area (Å²) < 4.78 is 49.8. The summed E-state index contributed by atoms with van der Waals surface area (Å²) in [5.41, 5.74) is 0.834. The number of benzene rings is 3. The molecule has 0 aliphatic carbocycles. The van der Waals surface area contributed by atoms with Gasteiger partial charge in [-0.25, -0.2) is 0 Å². The number of hydrogen-bond donors (Lipinski definition) is 0. The second-order valence-corrected chi connectivity index (χ2v) is 8.74. The summed E-state index contributed by atoms with van der Waals surface area (Å²) in [5.74, 6) is 0.119. The Morgan fingerprint density at radius 1 is 0.971 bits per heavy atom. The van der Waals surface area contributed by atoms with Gasteiger partial charge in [0.2, 0.25) is 0 Å². The van der Waals surface area contributed by atoms with Crippen molar-refractivity contribution in [3.05, 3.63) is 71.8 Å². The van der Waals surface area contributed by atoms with Gasteiger partial charge in [-0.15, -0.1) is 0 Å². The minimum absolute atomic E-state index is 0.275. The normalized spacial score (nSPS) is 15.7. The molecule has 3 aromatic carbocycles. The number of rotatable bonds is 7. The molecule has 35 heavy (non-hydrogen) atoms. The Morgan fingerprint density at radius 3 is 2.40 bits per heavy atom. The molecule has 0 bridgehead atoms. The number of esters is 1. The number of carbonyl (C=O) groups excluding carboxylic acids is 1. The molecule has 1 saturated heterocycles. The highest BCUT2D eigenvalue weighted by molar-refractivity contribution is 5.86. The molecule has 1 unspecified atom stereocenters. The van der Waals surface area contributed by atoms with Gasteiger partial charge in [-0.3, -0.25) is 9.69 Å². The van der Waals surface area contributed by atoms with Crippen molar-refractivity contribution in [3.8, 4) is 5.75 Å². The van der Waals surface area contributed by atoms with Crippen LogP contribution in [-0.4, -0.2) is 57.3 Å². The molecule has 0 aromatic heterocycles. The molecule has 0 N–H and O–H groups in total. The fourth-order valence-electron chi connectivity index (χ4n) is 4.28. The van der Waals surface area contributed by atoms with Gasteiger partial charge in [0.15, 0.2) is 0 Å². The van der Waals surface area contributed by atoms with Crippen LogP contribution in [0.4, 0.5) is 18.9 Å². The zero-order valence-electron chi connectivity index (χ0n) is 19.8. The van der Waals surface area contributed by atoms with E-state index in [-0.39, 0.29) is 18.5 Å². The summed E-state index contributed by atoms with van der Waals surface area (Å²) >= 11 is 0. The Morgan fingerprint density at radius 2 is 1.69 bits per heavy atom. The summed E-state index contributed by atoms with van der Waals surface area (Å²) in [6.45, 7) is 5.32. The lowest BCUT2D eigenvalue weighted by atomic mass is 9.98. The lowest BCUT2D eigenvalue weighted by molar-refractivity contribution is -0.145. The molecule has 5 nitrogen and oxygen atoms in total. The summed E-state index contributed by atoms with van der Waals surface area (Å²) in [6.07, 6.45) is -4.35. The van der Waals surface area contributed by atoms with Crippen molar-refractivity contribution in [1.29, 1.82) is 0 Å². The predicted molar refractivity (Wildman–Crippen MR) is 130 cm³/mol. The Labute approximate surface area is 203 Å². The smallest absolute Gasteiger partial charge is 0.416 e. The van der Waals surface area contributed by atoms with Crippen LogP contribution >= 0.6 is 0 Å². The number of ether oxygens (including phenoxy) is 2. The van der Waals surface area contributed by atoms with Gasteiger partial charge in [0.05, 0.1) is 18.6 Å². The Balaban J connectivity index is 1.25. The Hall–Kier alpha value is -3.26. The minimum Gasteiger partial charge on any atom is -0.497 e. The molecule has 0 radical (unpaired) electrons. The van der Waals surface area contributed by atoms with Gasteiger partial charge in [-0.1, -0.05) is 30.3 Å². The molecule has 3 aromatic rings. The Bertz CT molecular complexity index is 1170. The second kappa shape index (κ2) is 10.6. The zero-order chi connectivity index (χ0) is 25.0. The lowest BCUT2D eigenvalue weighted by Gasteiger charge is -2.36. The van der Waals surface area contributed by atoms with Gasteiger partial charge in [0.25, 0.3) is 0 Å². The van der Waals surface area contributed by atoms with Crippen LogP contribution < -0.4 is 9.64 Å². The molecule has 1 fully saturated rings. The number of alkyl halides is 3. The first-order chi connectivity index (χ1) is 16.7. The summed E-state index contributed by atoms with van der Waals surface area (Å²) in [7, 11) is 1.63. The average molecular weight is 487 g/mol. The third-order valence-corrected chi connectivity index (χ3v) is 6.49. The highest BCUT2D eigenvalue weighted by Crippen LogP contribution is 2.32. The van der Waals surface area contributed by atoms with Crippen molar-refractivity contribution < 1.29 is 27.4 Å². The van der Waals surface area contributed by atoms with E-state index in [2.05, 4.69) is 4.90 Å². The van der Waals surface area contributed by atoms with E-state index >= 15 is 0 Å². The van der Waals surface area contributed by atoms with E-state index in [1.165, 1.54) is 12.1 Å². The van der Waals surface area contributed by atoms with Crippen LogP contribution in [0.5, 0.6) is 5.75 Å². The van der Waals surface area contributed by atoms with Crippen LogP contribution in [0.1, 0.15) is 24.0 Å². The maximum Gasteiger partial charge on any atom is 0.416 e. The predicted octanol–water partition coefficient (Wildman–Crippen LogP) is 5.34. The van der Waals surface area contributed by atoms with Gasteiger partial charge in [-0.2, -0.15) is 13.2 Å². The number of halogens is 3. The van der Waals surface area contributed by atoms with E-state index in [4.69, 9.17) is 9.47 Å². The van der Waals surface area contributed by atoms with E-state index < -0.39 is 11.7 Å². The van der Waals surface area contributed by atoms with Crippen molar-refractivity contribution >= 4 is 22.4 Å². The summed E-state index contributed by atoms with van der Waals surface area (Å²) in [6, 6.07) is 17.1. The largest absolute Gasteiger partial charge is 0.497 e. The fourth-order valence-corrected chi connectivity index (χ4v) is 4.28. The van der Waals surface area contributed by atoms with Gasteiger partial charge in [0, 0.05) is 38.4 Å². The van der Waals surface area contributed by atoms with Crippen LogP contribution in [0.2, 0.25) is 0 Å². The van der Waals surface area contributed by atoms with Gasteiger partial charge in [0.1, 0.15) is 12.4 Å². The maximum atomic E-state index is 13.0. The number of hydrogen-bond acceptors (Lipinski definition) is 5. The van der Waals surface area contributed by atoms with E-state index in [0.29, 0.717) is 38.4 Å².